The fourth-order valence-corrected chi connectivity index (χ4v) is 4.00. The monoisotopic (exact) mass is 365 g/mol. The number of carbonyl (C=O) groups excluding carboxylic acids is 1. The molecule has 0 unspecified atom stereocenters. The molecule has 2 aliphatic rings. The molecule has 3 heterocycles. The summed E-state index contributed by atoms with van der Waals surface area (Å²) in [5.74, 6) is 0.749. The van der Waals surface area contributed by atoms with Crippen LogP contribution in [-0.2, 0) is 11.2 Å². The maximum Gasteiger partial charge on any atom is 0.272 e. The molecule has 0 radical (unpaired) electrons. The number of nitrogens with zero attached hydrogens (tertiary/aromatic N) is 3. The van der Waals surface area contributed by atoms with Gasteiger partial charge in [0.25, 0.3) is 5.91 Å². The standard InChI is InChI=1S/C22H27N3O2/c26-22(25-12-14-27-15-13-25)21-17-20(6-9-23-21)24-10-7-19(8-11-24)16-18-4-2-1-3-5-18/h1-6,9,17,19H,7-8,10-16H2. The van der Waals surface area contributed by atoms with E-state index in [0.29, 0.717) is 32.0 Å². The molecule has 2 aliphatic heterocycles. The molecular weight excluding hydrogens is 338 g/mol. The molecule has 27 heavy (non-hydrogen) atoms. The van der Waals surface area contributed by atoms with Gasteiger partial charge in [-0.15, -0.1) is 0 Å². The minimum absolute atomic E-state index is 0.0131. The highest BCUT2D eigenvalue weighted by atomic mass is 16.5. The second-order valence-corrected chi connectivity index (χ2v) is 7.42. The van der Waals surface area contributed by atoms with Gasteiger partial charge in [0.1, 0.15) is 5.69 Å². The van der Waals surface area contributed by atoms with Crippen LogP contribution in [0.2, 0.25) is 0 Å². The van der Waals surface area contributed by atoms with Crippen LogP contribution in [-0.4, -0.2) is 55.2 Å². The number of morpholine rings is 1. The van der Waals surface area contributed by atoms with E-state index in [0.717, 1.165) is 31.1 Å². The number of amides is 1. The highest BCUT2D eigenvalue weighted by Gasteiger charge is 2.23. The maximum atomic E-state index is 12.7. The summed E-state index contributed by atoms with van der Waals surface area (Å²) in [5, 5.41) is 0. The molecule has 142 valence electrons. The van der Waals surface area contributed by atoms with Crippen molar-refractivity contribution in [1.29, 1.82) is 0 Å². The van der Waals surface area contributed by atoms with Crippen molar-refractivity contribution < 1.29 is 9.53 Å². The Morgan fingerprint density at radius 1 is 1.04 bits per heavy atom. The summed E-state index contributed by atoms with van der Waals surface area (Å²) < 4.78 is 5.33. The van der Waals surface area contributed by atoms with Gasteiger partial charge < -0.3 is 14.5 Å². The summed E-state index contributed by atoms with van der Waals surface area (Å²) in [6, 6.07) is 14.7. The zero-order chi connectivity index (χ0) is 18.5. The number of hydrogen-bond donors (Lipinski definition) is 0. The Bertz CT molecular complexity index is 751. The first-order valence-corrected chi connectivity index (χ1v) is 9.91. The Hall–Kier alpha value is -2.40. The summed E-state index contributed by atoms with van der Waals surface area (Å²) in [6.45, 7) is 4.59. The van der Waals surface area contributed by atoms with Crippen molar-refractivity contribution in [3.63, 3.8) is 0 Å². The smallest absolute Gasteiger partial charge is 0.272 e. The lowest BCUT2D eigenvalue weighted by molar-refractivity contribution is 0.0299. The third kappa shape index (κ3) is 4.48. The summed E-state index contributed by atoms with van der Waals surface area (Å²) in [4.78, 5) is 21.2. The molecule has 1 amide bonds. The second kappa shape index (κ2) is 8.53. The molecule has 4 rings (SSSR count). The number of ether oxygens (including phenoxy) is 1. The van der Waals surface area contributed by atoms with Crippen molar-refractivity contribution in [2.75, 3.05) is 44.3 Å². The molecule has 0 aliphatic carbocycles. The number of anilines is 1. The van der Waals surface area contributed by atoms with Crippen molar-refractivity contribution in [1.82, 2.24) is 9.88 Å². The van der Waals surface area contributed by atoms with Crippen LogP contribution >= 0.6 is 0 Å². The lowest BCUT2D eigenvalue weighted by atomic mass is 9.90. The number of piperidine rings is 1. The SMILES string of the molecule is O=C(c1cc(N2CCC(Cc3ccccc3)CC2)ccn1)N1CCOCC1. The molecule has 5 nitrogen and oxygen atoms in total. The van der Waals surface area contributed by atoms with Gasteiger partial charge in [0.15, 0.2) is 0 Å². The summed E-state index contributed by atoms with van der Waals surface area (Å²) >= 11 is 0. The van der Waals surface area contributed by atoms with Crippen LogP contribution in [0.25, 0.3) is 0 Å². The zero-order valence-electron chi connectivity index (χ0n) is 15.7. The molecule has 0 bridgehead atoms. The van der Waals surface area contributed by atoms with E-state index >= 15 is 0 Å². The normalized spacial score (nSPS) is 18.5. The molecule has 2 aromatic rings. The average Bonchev–Trinajstić information content (AvgIpc) is 2.75. The van der Waals surface area contributed by atoms with Crippen LogP contribution in [0.3, 0.4) is 0 Å². The minimum atomic E-state index is 0.0131. The predicted octanol–water partition coefficient (Wildman–Crippen LogP) is 3.01. The minimum Gasteiger partial charge on any atom is -0.378 e. The maximum absolute atomic E-state index is 12.7. The third-order valence-electron chi connectivity index (χ3n) is 5.61. The number of rotatable bonds is 4. The highest BCUT2D eigenvalue weighted by Crippen LogP contribution is 2.26. The number of benzene rings is 1. The topological polar surface area (TPSA) is 45.7 Å². The Labute approximate surface area is 161 Å². The van der Waals surface area contributed by atoms with Crippen molar-refractivity contribution in [2.24, 2.45) is 5.92 Å². The van der Waals surface area contributed by atoms with Gasteiger partial charge in [-0.25, -0.2) is 0 Å². The van der Waals surface area contributed by atoms with Crippen molar-refractivity contribution >= 4 is 11.6 Å². The largest absolute Gasteiger partial charge is 0.378 e. The molecule has 5 heteroatoms. The molecule has 0 N–H and O–H groups in total. The van der Waals surface area contributed by atoms with Crippen LogP contribution in [0.1, 0.15) is 28.9 Å². The van der Waals surface area contributed by atoms with E-state index in [1.807, 2.05) is 17.0 Å². The molecule has 1 aromatic heterocycles. The predicted molar refractivity (Wildman–Crippen MR) is 106 cm³/mol. The zero-order valence-corrected chi connectivity index (χ0v) is 15.7. The summed E-state index contributed by atoms with van der Waals surface area (Å²) in [5.41, 5.74) is 3.08. The van der Waals surface area contributed by atoms with E-state index < -0.39 is 0 Å². The van der Waals surface area contributed by atoms with Gasteiger partial charge in [-0.3, -0.25) is 9.78 Å². The fraction of sp³-hybridized carbons (Fsp3) is 0.455. The van der Waals surface area contributed by atoms with Crippen LogP contribution in [0, 0.1) is 5.92 Å². The van der Waals surface area contributed by atoms with Gasteiger partial charge in [0, 0.05) is 38.1 Å². The number of carbonyl (C=O) groups is 1. The van der Waals surface area contributed by atoms with Crippen LogP contribution < -0.4 is 4.90 Å². The first-order chi connectivity index (χ1) is 13.3. The Morgan fingerprint density at radius 2 is 1.78 bits per heavy atom. The second-order valence-electron chi connectivity index (χ2n) is 7.42. The van der Waals surface area contributed by atoms with Gasteiger partial charge in [-0.2, -0.15) is 0 Å². The first-order valence-electron chi connectivity index (χ1n) is 9.91. The van der Waals surface area contributed by atoms with Crippen LogP contribution in [0.5, 0.6) is 0 Å². The third-order valence-corrected chi connectivity index (χ3v) is 5.61. The quantitative estimate of drug-likeness (QED) is 0.836. The lowest BCUT2D eigenvalue weighted by Crippen LogP contribution is -2.41. The van der Waals surface area contributed by atoms with Crippen LogP contribution in [0.4, 0.5) is 5.69 Å². The lowest BCUT2D eigenvalue weighted by Gasteiger charge is -2.34. The van der Waals surface area contributed by atoms with Gasteiger partial charge in [-0.05, 0) is 42.9 Å². The Morgan fingerprint density at radius 3 is 2.52 bits per heavy atom. The van der Waals surface area contributed by atoms with Gasteiger partial charge in [0.2, 0.25) is 0 Å². The van der Waals surface area contributed by atoms with Crippen LogP contribution in [0.15, 0.2) is 48.7 Å². The van der Waals surface area contributed by atoms with E-state index in [2.05, 4.69) is 40.2 Å². The van der Waals surface area contributed by atoms with E-state index in [-0.39, 0.29) is 5.91 Å². The highest BCUT2D eigenvalue weighted by molar-refractivity contribution is 5.93. The molecule has 2 fully saturated rings. The van der Waals surface area contributed by atoms with E-state index in [1.165, 1.54) is 18.4 Å². The van der Waals surface area contributed by atoms with E-state index in [1.54, 1.807) is 6.20 Å². The number of pyridine rings is 1. The molecule has 0 spiro atoms. The Kier molecular flexibility index (Phi) is 5.68. The summed E-state index contributed by atoms with van der Waals surface area (Å²) in [6.07, 6.45) is 5.29. The van der Waals surface area contributed by atoms with Gasteiger partial charge in [0.05, 0.1) is 13.2 Å². The van der Waals surface area contributed by atoms with Crippen molar-refractivity contribution in [2.45, 2.75) is 19.3 Å². The van der Waals surface area contributed by atoms with Gasteiger partial charge in [-0.1, -0.05) is 30.3 Å². The van der Waals surface area contributed by atoms with Crippen molar-refractivity contribution in [3.05, 3.63) is 59.9 Å². The molecule has 0 atom stereocenters. The average molecular weight is 365 g/mol. The molecule has 2 saturated heterocycles. The first kappa shape index (κ1) is 18.0. The molecular formula is C22H27N3O2. The molecule has 0 saturated carbocycles. The van der Waals surface area contributed by atoms with E-state index in [4.69, 9.17) is 4.74 Å². The molecule has 1 aromatic carbocycles. The fourth-order valence-electron chi connectivity index (χ4n) is 4.00. The number of aromatic nitrogens is 1. The Balaban J connectivity index is 1.36. The van der Waals surface area contributed by atoms with Gasteiger partial charge >= 0.3 is 0 Å². The van der Waals surface area contributed by atoms with Crippen molar-refractivity contribution in [3.8, 4) is 0 Å². The summed E-state index contributed by atoms with van der Waals surface area (Å²) in [7, 11) is 0. The number of hydrogen-bond acceptors (Lipinski definition) is 4. The van der Waals surface area contributed by atoms with E-state index in [9.17, 15) is 4.79 Å².